The molecule has 0 spiro atoms. The lowest BCUT2D eigenvalue weighted by molar-refractivity contribution is 0.137. The molecular formula is C18H20BrNO. The fourth-order valence-electron chi connectivity index (χ4n) is 2.72. The number of aryl methyl sites for hydroxylation is 1. The van der Waals surface area contributed by atoms with E-state index in [0.717, 1.165) is 28.9 Å². The molecule has 1 N–H and O–H groups in total. The van der Waals surface area contributed by atoms with Crippen LogP contribution < -0.4 is 10.1 Å². The Kier molecular flexibility index (Phi) is 3.70. The van der Waals surface area contributed by atoms with Crippen molar-refractivity contribution in [3.8, 4) is 5.75 Å². The van der Waals surface area contributed by atoms with Crippen LogP contribution in [-0.4, -0.2) is 5.60 Å². The molecule has 0 atom stereocenters. The fourth-order valence-corrected chi connectivity index (χ4v) is 3.10. The molecule has 1 aliphatic rings. The van der Waals surface area contributed by atoms with E-state index >= 15 is 0 Å². The summed E-state index contributed by atoms with van der Waals surface area (Å²) in [6, 6.07) is 12.7. The van der Waals surface area contributed by atoms with Crippen LogP contribution in [0.15, 0.2) is 40.9 Å². The van der Waals surface area contributed by atoms with Gasteiger partial charge in [-0.15, -0.1) is 0 Å². The minimum atomic E-state index is -0.0919. The minimum Gasteiger partial charge on any atom is -0.487 e. The van der Waals surface area contributed by atoms with Crippen LogP contribution in [-0.2, 0) is 13.0 Å². The van der Waals surface area contributed by atoms with Crippen molar-refractivity contribution >= 4 is 21.6 Å². The van der Waals surface area contributed by atoms with Gasteiger partial charge < -0.3 is 10.1 Å². The number of para-hydroxylation sites is 1. The van der Waals surface area contributed by atoms with Gasteiger partial charge in [-0.25, -0.2) is 0 Å². The highest BCUT2D eigenvalue weighted by Gasteiger charge is 2.31. The Bertz CT molecular complexity index is 679. The molecule has 0 saturated heterocycles. The first kappa shape index (κ1) is 14.5. The molecule has 0 bridgehead atoms. The zero-order chi connectivity index (χ0) is 15.0. The van der Waals surface area contributed by atoms with Gasteiger partial charge in [-0.1, -0.05) is 40.2 Å². The van der Waals surface area contributed by atoms with Crippen LogP contribution in [0.1, 0.15) is 30.5 Å². The first-order chi connectivity index (χ1) is 9.94. The number of benzene rings is 2. The number of halogens is 1. The van der Waals surface area contributed by atoms with Gasteiger partial charge in [-0.3, -0.25) is 0 Å². The third kappa shape index (κ3) is 3.08. The van der Waals surface area contributed by atoms with Crippen molar-refractivity contribution < 1.29 is 4.74 Å². The molecule has 1 heterocycles. The summed E-state index contributed by atoms with van der Waals surface area (Å²) in [5, 5.41) is 3.48. The van der Waals surface area contributed by atoms with Crippen molar-refractivity contribution in [3.63, 3.8) is 0 Å². The van der Waals surface area contributed by atoms with Crippen LogP contribution in [0.5, 0.6) is 5.75 Å². The molecular weight excluding hydrogens is 326 g/mol. The van der Waals surface area contributed by atoms with Gasteiger partial charge >= 0.3 is 0 Å². The van der Waals surface area contributed by atoms with Gasteiger partial charge in [0.1, 0.15) is 11.4 Å². The summed E-state index contributed by atoms with van der Waals surface area (Å²) in [6.07, 6.45) is 0.978. The molecule has 0 aliphatic carbocycles. The monoisotopic (exact) mass is 345 g/mol. The second-order valence-electron chi connectivity index (χ2n) is 6.26. The maximum atomic E-state index is 6.11. The lowest BCUT2D eigenvalue weighted by atomic mass is 10.0. The third-order valence-electron chi connectivity index (χ3n) is 3.83. The molecule has 0 saturated carbocycles. The number of anilines is 1. The summed E-state index contributed by atoms with van der Waals surface area (Å²) < 4.78 is 7.24. The number of fused-ring (bicyclic) bond motifs is 1. The Morgan fingerprint density at radius 3 is 2.81 bits per heavy atom. The van der Waals surface area contributed by atoms with Gasteiger partial charge in [0.05, 0.1) is 0 Å². The lowest BCUT2D eigenvalue weighted by Crippen LogP contribution is -2.25. The Labute approximate surface area is 134 Å². The molecule has 2 nitrogen and oxygen atoms in total. The van der Waals surface area contributed by atoms with Crippen molar-refractivity contribution in [2.75, 3.05) is 5.32 Å². The second kappa shape index (κ2) is 5.38. The molecule has 3 rings (SSSR count). The van der Waals surface area contributed by atoms with E-state index in [1.165, 1.54) is 16.7 Å². The van der Waals surface area contributed by atoms with E-state index in [0.29, 0.717) is 0 Å². The lowest BCUT2D eigenvalue weighted by Gasteiger charge is -2.18. The maximum Gasteiger partial charge on any atom is 0.128 e. The summed E-state index contributed by atoms with van der Waals surface area (Å²) >= 11 is 3.57. The van der Waals surface area contributed by atoms with Gasteiger partial charge in [0.2, 0.25) is 0 Å². The summed E-state index contributed by atoms with van der Waals surface area (Å²) in [7, 11) is 0. The molecule has 2 aromatic carbocycles. The van der Waals surface area contributed by atoms with Crippen molar-refractivity contribution in [3.05, 3.63) is 57.6 Å². The Morgan fingerprint density at radius 2 is 2.05 bits per heavy atom. The summed E-state index contributed by atoms with van der Waals surface area (Å²) in [6.45, 7) is 7.14. The summed E-state index contributed by atoms with van der Waals surface area (Å²) in [4.78, 5) is 0. The molecule has 0 radical (unpaired) electrons. The molecule has 3 heteroatoms. The van der Waals surface area contributed by atoms with Crippen LogP contribution in [0.3, 0.4) is 0 Å². The van der Waals surface area contributed by atoms with E-state index in [2.05, 4.69) is 78.4 Å². The van der Waals surface area contributed by atoms with Crippen LogP contribution in [0, 0.1) is 6.92 Å². The number of nitrogens with one attached hydrogen (secondary N) is 1. The van der Waals surface area contributed by atoms with E-state index in [4.69, 9.17) is 4.74 Å². The largest absolute Gasteiger partial charge is 0.487 e. The van der Waals surface area contributed by atoms with E-state index < -0.39 is 0 Å². The van der Waals surface area contributed by atoms with Gasteiger partial charge in [0, 0.05) is 28.7 Å². The molecule has 0 fully saturated rings. The van der Waals surface area contributed by atoms with Crippen molar-refractivity contribution in [1.29, 1.82) is 0 Å². The Morgan fingerprint density at radius 1 is 1.24 bits per heavy atom. The van der Waals surface area contributed by atoms with Gasteiger partial charge in [0.25, 0.3) is 0 Å². The van der Waals surface area contributed by atoms with E-state index in [1.807, 2.05) is 0 Å². The Balaban J connectivity index is 1.78. The normalized spacial score (nSPS) is 15.4. The number of ether oxygens (including phenoxy) is 1. The van der Waals surface area contributed by atoms with Gasteiger partial charge in [-0.05, 0) is 44.0 Å². The van der Waals surface area contributed by atoms with Crippen molar-refractivity contribution in [1.82, 2.24) is 0 Å². The van der Waals surface area contributed by atoms with E-state index in [1.54, 1.807) is 0 Å². The van der Waals surface area contributed by atoms with Crippen LogP contribution in [0.25, 0.3) is 0 Å². The third-order valence-corrected chi connectivity index (χ3v) is 4.68. The topological polar surface area (TPSA) is 21.3 Å². The second-order valence-corrected chi connectivity index (χ2v) is 7.12. The molecule has 0 aromatic heterocycles. The quantitative estimate of drug-likeness (QED) is 0.837. The maximum absolute atomic E-state index is 6.11. The smallest absolute Gasteiger partial charge is 0.128 e. The first-order valence-corrected chi connectivity index (χ1v) is 8.04. The highest BCUT2D eigenvalue weighted by Crippen LogP contribution is 2.37. The Hall–Kier alpha value is -1.48. The van der Waals surface area contributed by atoms with E-state index in [9.17, 15) is 0 Å². The zero-order valence-corrected chi connectivity index (χ0v) is 14.3. The van der Waals surface area contributed by atoms with Crippen molar-refractivity contribution in [2.24, 2.45) is 0 Å². The number of hydrogen-bond donors (Lipinski definition) is 1. The van der Waals surface area contributed by atoms with E-state index in [-0.39, 0.29) is 5.60 Å². The van der Waals surface area contributed by atoms with Crippen LogP contribution in [0.2, 0.25) is 0 Å². The number of hydrogen-bond acceptors (Lipinski definition) is 2. The first-order valence-electron chi connectivity index (χ1n) is 7.24. The van der Waals surface area contributed by atoms with Crippen LogP contribution >= 0.6 is 15.9 Å². The highest BCUT2D eigenvalue weighted by atomic mass is 79.9. The molecule has 2 aromatic rings. The summed E-state index contributed by atoms with van der Waals surface area (Å²) in [5.74, 6) is 1.06. The average Bonchev–Trinajstić information content (AvgIpc) is 2.74. The predicted molar refractivity (Wildman–Crippen MR) is 91.1 cm³/mol. The van der Waals surface area contributed by atoms with Crippen molar-refractivity contribution in [2.45, 2.75) is 39.3 Å². The number of rotatable bonds is 3. The molecule has 21 heavy (non-hydrogen) atoms. The average molecular weight is 346 g/mol. The molecule has 0 unspecified atom stereocenters. The fraction of sp³-hybridized carbons (Fsp3) is 0.333. The minimum absolute atomic E-state index is 0.0919. The highest BCUT2D eigenvalue weighted by molar-refractivity contribution is 9.10. The zero-order valence-electron chi connectivity index (χ0n) is 12.7. The molecule has 110 valence electrons. The molecule has 1 aliphatic heterocycles. The SMILES string of the molecule is Cc1ccc(NCc2cccc3c2OC(C)(C)C3)cc1Br. The molecule has 0 amide bonds. The summed E-state index contributed by atoms with van der Waals surface area (Å²) in [5.41, 5.74) is 4.79. The van der Waals surface area contributed by atoms with Gasteiger partial charge in [0.15, 0.2) is 0 Å². The van der Waals surface area contributed by atoms with Crippen LogP contribution in [0.4, 0.5) is 5.69 Å². The predicted octanol–water partition coefficient (Wildman–Crippen LogP) is 5.08. The standard InChI is InChI=1S/C18H20BrNO/c1-12-7-8-15(9-16(12)19)20-11-14-6-4-5-13-10-18(2,3)21-17(13)14/h4-9,20H,10-11H2,1-3H3. The van der Waals surface area contributed by atoms with Gasteiger partial charge in [-0.2, -0.15) is 0 Å².